The molecule has 0 bridgehead atoms. The van der Waals surface area contributed by atoms with Crippen molar-refractivity contribution in [1.82, 2.24) is 0 Å². The number of hydrogen-bond acceptors (Lipinski definition) is 8. The Morgan fingerprint density at radius 2 is 1.04 bits per heavy atom. The third kappa shape index (κ3) is 35.7. The molecule has 0 fully saturated rings. The number of esters is 1. The minimum atomic E-state index is -4.71. The molecule has 316 valence electrons. The van der Waals surface area contributed by atoms with Crippen LogP contribution in [0, 0.1) is 0 Å². The van der Waals surface area contributed by atoms with Crippen molar-refractivity contribution in [3.8, 4) is 0 Å². The van der Waals surface area contributed by atoms with Crippen LogP contribution in [0.25, 0.3) is 0 Å². The van der Waals surface area contributed by atoms with Gasteiger partial charge in [0, 0.05) is 19.0 Å². The molecule has 0 saturated carbocycles. The molecule has 0 aliphatic rings. The van der Waals surface area contributed by atoms with Gasteiger partial charge in [-0.25, -0.2) is 9.36 Å². The first kappa shape index (κ1) is 52.6. The molecule has 0 radical (unpaired) electrons. The monoisotopic (exact) mass is 792 g/mol. The summed E-state index contributed by atoms with van der Waals surface area (Å²) in [7, 11) is -4.71. The van der Waals surface area contributed by atoms with Crippen LogP contribution >= 0.6 is 7.82 Å². The van der Waals surface area contributed by atoms with Gasteiger partial charge >= 0.3 is 13.8 Å². The highest BCUT2D eigenvalue weighted by Crippen LogP contribution is 2.45. The highest BCUT2D eigenvalue weighted by Gasteiger charge is 2.38. The summed E-state index contributed by atoms with van der Waals surface area (Å²) in [6, 6.07) is 0. The van der Waals surface area contributed by atoms with Crippen molar-refractivity contribution in [2.45, 2.75) is 180 Å². The van der Waals surface area contributed by atoms with Gasteiger partial charge in [-0.3, -0.25) is 13.8 Å². The number of aliphatic hydroxyl groups excluding tert-OH is 1. The molecule has 0 aliphatic heterocycles. The maximum absolute atomic E-state index is 13.2. The molecular weight excluding hydrogens is 713 g/mol. The zero-order valence-electron chi connectivity index (χ0n) is 34.5. The first-order valence-electron chi connectivity index (χ1n) is 21.5. The van der Waals surface area contributed by atoms with Crippen molar-refractivity contribution in [3.05, 3.63) is 72.9 Å². The smallest absolute Gasteiger partial charge is 0.453 e. The third-order valence-corrected chi connectivity index (χ3v) is 10.1. The second-order valence-electron chi connectivity index (χ2n) is 14.2. The highest BCUT2D eigenvalue weighted by molar-refractivity contribution is 7.47. The summed E-state index contributed by atoms with van der Waals surface area (Å²) >= 11 is 0. The van der Waals surface area contributed by atoms with E-state index in [2.05, 4.69) is 26.0 Å². The van der Waals surface area contributed by atoms with Crippen LogP contribution < -0.4 is 5.73 Å². The molecule has 55 heavy (non-hydrogen) atoms. The molecule has 0 aromatic rings. The van der Waals surface area contributed by atoms with Crippen LogP contribution in [0.2, 0.25) is 0 Å². The van der Waals surface area contributed by atoms with Crippen LogP contribution in [0.4, 0.5) is 0 Å². The van der Waals surface area contributed by atoms with Gasteiger partial charge in [-0.2, -0.15) is 0 Å². The van der Waals surface area contributed by atoms with E-state index in [0.717, 1.165) is 38.2 Å². The number of carbonyl (C=O) groups excluding carboxylic acids is 2. The molecule has 0 aliphatic carbocycles. The molecule has 10 heteroatoms. The lowest BCUT2D eigenvalue weighted by atomic mass is 10.0. The van der Waals surface area contributed by atoms with Crippen LogP contribution in [0.1, 0.15) is 168 Å². The number of Topliss-reactive ketones (excluding diaryl/α,β-unsaturated/α-hetero) is 1. The van der Waals surface area contributed by atoms with E-state index in [9.17, 15) is 24.2 Å². The average molecular weight is 792 g/mol. The fourth-order valence-corrected chi connectivity index (χ4v) is 6.85. The van der Waals surface area contributed by atoms with Crippen molar-refractivity contribution in [2.75, 3.05) is 19.8 Å². The van der Waals surface area contributed by atoms with E-state index in [4.69, 9.17) is 19.5 Å². The molecule has 2 unspecified atom stereocenters. The normalized spacial score (nSPS) is 14.7. The molecule has 0 heterocycles. The summed E-state index contributed by atoms with van der Waals surface area (Å²) in [4.78, 5) is 35.9. The lowest BCUT2D eigenvalue weighted by Gasteiger charge is -2.26. The molecule has 9 nitrogen and oxygen atoms in total. The molecule has 4 N–H and O–H groups in total. The fourth-order valence-electron chi connectivity index (χ4n) is 5.91. The second kappa shape index (κ2) is 39.8. The van der Waals surface area contributed by atoms with E-state index >= 15 is 0 Å². The molecule has 3 atom stereocenters. The number of unbranched alkanes of at least 4 members (excludes halogenated alkanes) is 21. The van der Waals surface area contributed by atoms with Crippen molar-refractivity contribution >= 4 is 19.6 Å². The number of phosphoric ester groups is 1. The molecule has 0 aromatic heterocycles. The number of allylic oxidation sites excluding steroid dienone is 11. The van der Waals surface area contributed by atoms with Gasteiger partial charge in [0.1, 0.15) is 0 Å². The molecule has 0 saturated heterocycles. The first-order valence-corrected chi connectivity index (χ1v) is 23.0. The third-order valence-electron chi connectivity index (χ3n) is 9.09. The number of carbonyl (C=O) groups is 2. The quantitative estimate of drug-likeness (QED) is 0.0182. The van der Waals surface area contributed by atoms with Gasteiger partial charge in [0.25, 0.3) is 0 Å². The largest absolute Gasteiger partial charge is 0.473 e. The van der Waals surface area contributed by atoms with Crippen LogP contribution in [0.15, 0.2) is 72.9 Å². The zero-order chi connectivity index (χ0) is 40.5. The number of ether oxygens (including phenoxy) is 1. The Morgan fingerprint density at radius 3 is 1.49 bits per heavy atom. The number of aliphatic hydroxyl groups is 1. The Morgan fingerprint density at radius 1 is 0.618 bits per heavy atom. The summed E-state index contributed by atoms with van der Waals surface area (Å²) < 4.78 is 27.8. The van der Waals surface area contributed by atoms with E-state index in [0.29, 0.717) is 6.42 Å². The van der Waals surface area contributed by atoms with Gasteiger partial charge < -0.3 is 20.5 Å². The predicted octanol–water partition coefficient (Wildman–Crippen LogP) is 11.7. The standard InChI is InChI=1S/C45H78NO8P/c1-3-5-7-9-11-13-15-17-19-20-21-22-24-26-28-30-32-34-36-38-44(49)53-43(41-47)45(54-55(50,51)52-40-39-46)42(48)37-35-33-31-29-27-25-23-18-16-14-12-10-8-6-4-2/h19-22,24,26,28,30,32,34,36,38,43,45,47H,3-18,23,25,27,29,31,33,35,37,39-41,46H2,1-2H3,(H,50,51)/t43-,45?/m0/s1. The van der Waals surface area contributed by atoms with E-state index in [1.54, 1.807) is 18.2 Å². The Balaban J connectivity index is 4.65. The van der Waals surface area contributed by atoms with Crippen molar-refractivity contribution < 1.29 is 37.9 Å². The van der Waals surface area contributed by atoms with Crippen LogP contribution in [0.3, 0.4) is 0 Å². The van der Waals surface area contributed by atoms with Gasteiger partial charge in [0.15, 0.2) is 18.0 Å². The number of ketones is 1. The summed E-state index contributed by atoms with van der Waals surface area (Å²) in [5.74, 6) is -1.40. The topological polar surface area (TPSA) is 145 Å². The number of phosphoric acid groups is 1. The van der Waals surface area contributed by atoms with E-state index in [-0.39, 0.29) is 19.6 Å². The van der Waals surface area contributed by atoms with Crippen LogP contribution in [-0.4, -0.2) is 53.7 Å². The Labute approximate surface area is 335 Å². The van der Waals surface area contributed by atoms with E-state index in [1.165, 1.54) is 115 Å². The molecule has 0 rings (SSSR count). The summed E-state index contributed by atoms with van der Waals surface area (Å²) in [6.45, 7) is 3.38. The van der Waals surface area contributed by atoms with Gasteiger partial charge in [-0.1, -0.05) is 209 Å². The lowest BCUT2D eigenvalue weighted by molar-refractivity contribution is -0.155. The highest BCUT2D eigenvalue weighted by atomic mass is 31.2. The zero-order valence-corrected chi connectivity index (χ0v) is 35.4. The van der Waals surface area contributed by atoms with E-state index < -0.39 is 38.4 Å². The first-order chi connectivity index (χ1) is 26.8. The lowest BCUT2D eigenvalue weighted by Crippen LogP contribution is -2.41. The Bertz CT molecular complexity index is 1150. The van der Waals surface area contributed by atoms with Gasteiger partial charge in [0.2, 0.25) is 0 Å². The average Bonchev–Trinajstić information content (AvgIpc) is 3.17. The van der Waals surface area contributed by atoms with Crippen LogP contribution in [-0.2, 0) is 27.9 Å². The molecule has 0 aromatic carbocycles. The van der Waals surface area contributed by atoms with Gasteiger partial charge in [-0.15, -0.1) is 0 Å². The minimum Gasteiger partial charge on any atom is -0.453 e. The SMILES string of the molecule is CCCCCCCCCC=CC=CC=CC=CC=CC=CC(=O)O[C@@H](CO)C(OP(=O)(O)OCCN)C(=O)CCCCCCCCCCCCCCCCC. The molecule has 0 spiro atoms. The maximum atomic E-state index is 13.2. The number of rotatable bonds is 39. The van der Waals surface area contributed by atoms with Crippen molar-refractivity contribution in [2.24, 2.45) is 5.73 Å². The second-order valence-corrected chi connectivity index (χ2v) is 15.6. The van der Waals surface area contributed by atoms with Crippen molar-refractivity contribution in [3.63, 3.8) is 0 Å². The van der Waals surface area contributed by atoms with Crippen molar-refractivity contribution in [1.29, 1.82) is 0 Å². The maximum Gasteiger partial charge on any atom is 0.473 e. The minimum absolute atomic E-state index is 0.0397. The summed E-state index contributed by atoms with van der Waals surface area (Å²) in [6.07, 6.45) is 46.5. The fraction of sp³-hybridized carbons (Fsp3) is 0.689. The Kier molecular flexibility index (Phi) is 38.1. The number of nitrogens with two attached hydrogens (primary N) is 1. The van der Waals surface area contributed by atoms with Gasteiger partial charge in [0.05, 0.1) is 13.2 Å². The molecular formula is C45H78NO8P. The van der Waals surface area contributed by atoms with Gasteiger partial charge in [-0.05, 0) is 19.3 Å². The predicted molar refractivity (Wildman–Crippen MR) is 229 cm³/mol. The van der Waals surface area contributed by atoms with Crippen LogP contribution in [0.5, 0.6) is 0 Å². The summed E-state index contributed by atoms with van der Waals surface area (Å²) in [5.41, 5.74) is 5.38. The Hall–Kier alpha value is -2.39. The summed E-state index contributed by atoms with van der Waals surface area (Å²) in [5, 5.41) is 10.0. The van der Waals surface area contributed by atoms with E-state index in [1.807, 2.05) is 30.4 Å². The number of hydrogen-bond donors (Lipinski definition) is 3. The molecule has 0 amide bonds.